The third-order valence-corrected chi connectivity index (χ3v) is 4.86. The Kier molecular flexibility index (Phi) is 4.14. The monoisotopic (exact) mass is 383 g/mol. The number of ether oxygens (including phenoxy) is 2. The fraction of sp³-hybridized carbons (Fsp3) is 0.263. The fourth-order valence-corrected chi connectivity index (χ4v) is 3.49. The lowest BCUT2D eigenvalue weighted by molar-refractivity contribution is -0.385. The van der Waals surface area contributed by atoms with Crippen molar-refractivity contribution < 1.29 is 24.3 Å². The van der Waals surface area contributed by atoms with Crippen molar-refractivity contribution in [2.75, 3.05) is 6.79 Å². The second-order valence-electron chi connectivity index (χ2n) is 6.75. The summed E-state index contributed by atoms with van der Waals surface area (Å²) >= 11 is 0. The third-order valence-electron chi connectivity index (χ3n) is 4.86. The van der Waals surface area contributed by atoms with Crippen molar-refractivity contribution in [3.05, 3.63) is 62.7 Å². The molecule has 2 aromatic rings. The number of aryl methyl sites for hydroxylation is 1. The normalized spacial score (nSPS) is 17.6. The topological polar surface area (TPSA) is 115 Å². The summed E-state index contributed by atoms with van der Waals surface area (Å²) in [6.07, 6.45) is -0.728. The molecule has 2 aliphatic rings. The largest absolute Gasteiger partial charge is 0.464 e. The summed E-state index contributed by atoms with van der Waals surface area (Å²) in [5.74, 6) is 1.16. The van der Waals surface area contributed by atoms with Crippen molar-refractivity contribution >= 4 is 17.5 Å². The van der Waals surface area contributed by atoms with E-state index in [1.807, 2.05) is 6.07 Å². The first-order chi connectivity index (χ1) is 13.3. The van der Waals surface area contributed by atoms with Crippen LogP contribution in [0.3, 0.4) is 0 Å². The SMILES string of the molecule is Cc1cc(C2=NN(C(=O)O)C(C)Cc3cc4c(cc32)OCO4)ccc1[N+](=O)[O-]. The molecule has 9 heteroatoms. The number of nitrogens with zero attached hydrogens (tertiary/aromatic N) is 3. The van der Waals surface area contributed by atoms with Crippen molar-refractivity contribution in [3.8, 4) is 11.5 Å². The fourth-order valence-electron chi connectivity index (χ4n) is 3.49. The summed E-state index contributed by atoms with van der Waals surface area (Å²) < 4.78 is 10.9. The molecule has 2 aliphatic heterocycles. The lowest BCUT2D eigenvalue weighted by Crippen LogP contribution is -2.34. The van der Waals surface area contributed by atoms with Crippen molar-refractivity contribution in [3.63, 3.8) is 0 Å². The molecule has 0 fully saturated rings. The Morgan fingerprint density at radius 2 is 2.00 bits per heavy atom. The van der Waals surface area contributed by atoms with E-state index in [0.29, 0.717) is 40.3 Å². The highest BCUT2D eigenvalue weighted by molar-refractivity contribution is 6.14. The van der Waals surface area contributed by atoms with E-state index in [0.717, 1.165) is 10.6 Å². The molecule has 0 bridgehead atoms. The number of carbonyl (C=O) groups is 1. The number of hydrogen-bond donors (Lipinski definition) is 1. The second kappa shape index (κ2) is 6.52. The van der Waals surface area contributed by atoms with Crippen LogP contribution in [0.4, 0.5) is 10.5 Å². The maximum atomic E-state index is 11.7. The number of amides is 1. The number of rotatable bonds is 2. The van der Waals surface area contributed by atoms with Gasteiger partial charge in [0.05, 0.1) is 16.7 Å². The first kappa shape index (κ1) is 17.8. The first-order valence-corrected chi connectivity index (χ1v) is 8.64. The Hall–Kier alpha value is -3.62. The summed E-state index contributed by atoms with van der Waals surface area (Å²) in [4.78, 5) is 22.4. The van der Waals surface area contributed by atoms with Crippen LogP contribution in [0.15, 0.2) is 35.4 Å². The molecule has 2 aromatic carbocycles. The lowest BCUT2D eigenvalue weighted by Gasteiger charge is -2.19. The summed E-state index contributed by atoms with van der Waals surface area (Å²) in [5.41, 5.74) is 3.05. The minimum atomic E-state index is -1.17. The van der Waals surface area contributed by atoms with Gasteiger partial charge in [-0.25, -0.2) is 4.79 Å². The summed E-state index contributed by atoms with van der Waals surface area (Å²) in [6.45, 7) is 3.53. The molecule has 1 atom stereocenters. The molecular weight excluding hydrogens is 366 g/mol. The van der Waals surface area contributed by atoms with Crippen LogP contribution in [0.1, 0.15) is 29.2 Å². The van der Waals surface area contributed by atoms with Gasteiger partial charge in [-0.1, -0.05) is 0 Å². The van der Waals surface area contributed by atoms with Crippen molar-refractivity contribution in [1.82, 2.24) is 5.01 Å². The molecule has 0 aromatic heterocycles. The quantitative estimate of drug-likeness (QED) is 0.628. The van der Waals surface area contributed by atoms with Gasteiger partial charge in [-0.3, -0.25) is 10.1 Å². The van der Waals surface area contributed by atoms with Gasteiger partial charge in [0.2, 0.25) is 6.79 Å². The number of hydrazone groups is 1. The molecule has 1 unspecified atom stereocenters. The van der Waals surface area contributed by atoms with Crippen molar-refractivity contribution in [2.24, 2.45) is 5.10 Å². The average Bonchev–Trinajstić information content (AvgIpc) is 3.02. The first-order valence-electron chi connectivity index (χ1n) is 8.64. The predicted octanol–water partition coefficient (Wildman–Crippen LogP) is 3.31. The molecule has 0 radical (unpaired) electrons. The van der Waals surface area contributed by atoms with Crippen LogP contribution in [0.5, 0.6) is 11.5 Å². The molecule has 1 N–H and O–H groups in total. The van der Waals surface area contributed by atoms with Gasteiger partial charge in [-0.2, -0.15) is 10.1 Å². The van der Waals surface area contributed by atoms with Crippen molar-refractivity contribution in [1.29, 1.82) is 0 Å². The highest BCUT2D eigenvalue weighted by Gasteiger charge is 2.30. The summed E-state index contributed by atoms with van der Waals surface area (Å²) in [6, 6.07) is 7.85. The van der Waals surface area contributed by atoms with Crippen molar-refractivity contribution in [2.45, 2.75) is 26.3 Å². The third kappa shape index (κ3) is 2.90. The smallest absolute Gasteiger partial charge is 0.428 e. The van der Waals surface area contributed by atoms with E-state index < -0.39 is 17.1 Å². The molecule has 9 nitrogen and oxygen atoms in total. The predicted molar refractivity (Wildman–Crippen MR) is 99.1 cm³/mol. The molecule has 144 valence electrons. The van der Waals surface area contributed by atoms with E-state index in [2.05, 4.69) is 5.10 Å². The summed E-state index contributed by atoms with van der Waals surface area (Å²) in [7, 11) is 0. The molecule has 1 amide bonds. The molecule has 0 saturated carbocycles. The number of nitro benzene ring substituents is 1. The van der Waals surface area contributed by atoms with Gasteiger partial charge in [-0.05, 0) is 50.1 Å². The van der Waals surface area contributed by atoms with E-state index in [9.17, 15) is 20.0 Å². The molecule has 0 spiro atoms. The molecule has 2 heterocycles. The molecule has 28 heavy (non-hydrogen) atoms. The Morgan fingerprint density at radius 3 is 2.64 bits per heavy atom. The van der Waals surface area contributed by atoms with Gasteiger partial charge < -0.3 is 14.6 Å². The second-order valence-corrected chi connectivity index (χ2v) is 6.75. The maximum Gasteiger partial charge on any atom is 0.428 e. The zero-order valence-corrected chi connectivity index (χ0v) is 15.2. The number of benzene rings is 2. The van der Waals surface area contributed by atoms with Crippen LogP contribution in [0.2, 0.25) is 0 Å². The highest BCUT2D eigenvalue weighted by atomic mass is 16.7. The van der Waals surface area contributed by atoms with Gasteiger partial charge in [0.15, 0.2) is 11.5 Å². The van der Waals surface area contributed by atoms with E-state index in [1.54, 1.807) is 32.0 Å². The number of fused-ring (bicyclic) bond motifs is 2. The number of carboxylic acid groups (broad SMARTS) is 1. The van der Waals surface area contributed by atoms with Gasteiger partial charge in [-0.15, -0.1) is 0 Å². The number of hydrogen-bond acceptors (Lipinski definition) is 6. The minimum Gasteiger partial charge on any atom is -0.464 e. The Labute approximate surface area is 159 Å². The van der Waals surface area contributed by atoms with Gasteiger partial charge in [0.1, 0.15) is 0 Å². The summed E-state index contributed by atoms with van der Waals surface area (Å²) in [5, 5.41) is 26.1. The van der Waals surface area contributed by atoms with Crippen LogP contribution >= 0.6 is 0 Å². The lowest BCUT2D eigenvalue weighted by atomic mass is 9.93. The zero-order valence-electron chi connectivity index (χ0n) is 15.2. The number of nitro groups is 1. The highest BCUT2D eigenvalue weighted by Crippen LogP contribution is 2.38. The molecule has 0 saturated heterocycles. The zero-order chi connectivity index (χ0) is 20.0. The Morgan fingerprint density at radius 1 is 1.29 bits per heavy atom. The van der Waals surface area contributed by atoms with Crippen LogP contribution in [-0.2, 0) is 6.42 Å². The Balaban J connectivity index is 1.92. The Bertz CT molecular complexity index is 1030. The van der Waals surface area contributed by atoms with Gasteiger partial charge in [0.25, 0.3) is 5.69 Å². The maximum absolute atomic E-state index is 11.7. The van der Waals surface area contributed by atoms with Crippen LogP contribution < -0.4 is 9.47 Å². The molecule has 0 aliphatic carbocycles. The van der Waals surface area contributed by atoms with Crippen LogP contribution in [0.25, 0.3) is 0 Å². The van der Waals surface area contributed by atoms with Crippen LogP contribution in [0, 0.1) is 17.0 Å². The van der Waals surface area contributed by atoms with E-state index in [-0.39, 0.29) is 12.5 Å². The average molecular weight is 383 g/mol. The van der Waals surface area contributed by atoms with Gasteiger partial charge in [0, 0.05) is 22.8 Å². The molecular formula is C19H17N3O6. The minimum absolute atomic E-state index is 0.00709. The van der Waals surface area contributed by atoms with Crippen LogP contribution in [-0.4, -0.2) is 39.7 Å². The standard InChI is InChI=1S/C19H17N3O6/c1-10-5-12(3-4-15(10)22(25)26)18-14-8-17-16(27-9-28-17)7-13(14)6-11(2)21(20-18)19(23)24/h3-5,7-8,11H,6,9H2,1-2H3,(H,23,24). The van der Waals surface area contributed by atoms with E-state index >= 15 is 0 Å². The molecule has 4 rings (SSSR count). The van der Waals surface area contributed by atoms with E-state index in [1.165, 1.54) is 6.07 Å². The van der Waals surface area contributed by atoms with Gasteiger partial charge >= 0.3 is 6.09 Å². The van der Waals surface area contributed by atoms with E-state index in [4.69, 9.17) is 9.47 Å².